The highest BCUT2D eigenvalue weighted by Crippen LogP contribution is 2.45. The first kappa shape index (κ1) is 20.5. The number of benzene rings is 2. The fraction of sp³-hybridized carbons (Fsp3) is 0.400. The average Bonchev–Trinajstić information content (AvgIpc) is 3.47. The Hall–Kier alpha value is -3.35. The van der Waals surface area contributed by atoms with Crippen LogP contribution in [0.3, 0.4) is 0 Å². The minimum absolute atomic E-state index is 0.0484. The molecule has 2 heterocycles. The lowest BCUT2D eigenvalue weighted by Crippen LogP contribution is -2.54. The number of hydrogen-bond donors (Lipinski definition) is 1. The number of carbonyl (C=O) groups excluding carboxylic acids is 2. The third kappa shape index (κ3) is 2.98. The van der Waals surface area contributed by atoms with Crippen LogP contribution in [0.25, 0.3) is 11.1 Å². The lowest BCUT2D eigenvalue weighted by atomic mass is 9.94. The summed E-state index contributed by atoms with van der Waals surface area (Å²) < 4.78 is 5.80. The number of likely N-dealkylation sites (tertiary alicyclic amines) is 2. The van der Waals surface area contributed by atoms with E-state index >= 15 is 0 Å². The number of carboxylic acids is 1. The zero-order valence-electron chi connectivity index (χ0n) is 18.0. The van der Waals surface area contributed by atoms with Crippen molar-refractivity contribution in [1.29, 1.82) is 0 Å². The molecule has 3 aliphatic rings. The summed E-state index contributed by atoms with van der Waals surface area (Å²) in [5, 5.41) is 9.33. The SMILES string of the molecule is C[C@@H](C(=O)O)N1CCC2(CCCN2C(=O)OCC2c3ccccc3-c3ccccc32)C1=O. The molecule has 7 heteroatoms. The number of ether oxygens (including phenoxy) is 1. The Morgan fingerprint density at radius 1 is 1.06 bits per heavy atom. The first-order valence-corrected chi connectivity index (χ1v) is 11.1. The van der Waals surface area contributed by atoms with E-state index in [1.165, 1.54) is 16.7 Å². The Morgan fingerprint density at radius 2 is 1.69 bits per heavy atom. The molecule has 166 valence electrons. The average molecular weight is 434 g/mol. The van der Waals surface area contributed by atoms with E-state index in [0.717, 1.165) is 22.3 Å². The number of carbonyl (C=O) groups is 3. The van der Waals surface area contributed by atoms with Gasteiger partial charge in [0.1, 0.15) is 18.2 Å². The molecule has 32 heavy (non-hydrogen) atoms. The molecule has 1 spiro atoms. The molecule has 0 aromatic heterocycles. The molecule has 2 amide bonds. The minimum atomic E-state index is -1.04. The minimum Gasteiger partial charge on any atom is -0.480 e. The Balaban J connectivity index is 1.34. The first-order chi connectivity index (χ1) is 15.4. The zero-order chi connectivity index (χ0) is 22.5. The highest BCUT2D eigenvalue weighted by atomic mass is 16.6. The first-order valence-electron chi connectivity index (χ1n) is 11.1. The standard InChI is InChI=1S/C25H26N2O5/c1-16(22(28)29)26-14-12-25(23(26)30)11-6-13-27(25)24(31)32-15-21-19-9-4-2-7-17(19)18-8-3-5-10-20(18)21/h2-5,7-10,16,21H,6,11-15H2,1H3,(H,28,29)/t16-,25?/m0/s1. The van der Waals surface area contributed by atoms with Gasteiger partial charge in [-0.1, -0.05) is 48.5 Å². The maximum Gasteiger partial charge on any atom is 0.410 e. The molecule has 0 bridgehead atoms. The summed E-state index contributed by atoms with van der Waals surface area (Å²) in [7, 11) is 0. The van der Waals surface area contributed by atoms with Crippen molar-refractivity contribution in [2.24, 2.45) is 0 Å². The molecule has 2 atom stereocenters. The van der Waals surface area contributed by atoms with Crippen LogP contribution in [0.1, 0.15) is 43.2 Å². The fourth-order valence-corrected chi connectivity index (χ4v) is 5.58. The van der Waals surface area contributed by atoms with Gasteiger partial charge in [-0.15, -0.1) is 0 Å². The molecule has 7 nitrogen and oxygen atoms in total. The Bertz CT molecular complexity index is 1050. The van der Waals surface area contributed by atoms with E-state index in [2.05, 4.69) is 24.3 Å². The van der Waals surface area contributed by atoms with Crippen molar-refractivity contribution in [2.75, 3.05) is 19.7 Å². The summed E-state index contributed by atoms with van der Waals surface area (Å²) in [6.07, 6.45) is 1.18. The quantitative estimate of drug-likeness (QED) is 0.796. The highest BCUT2D eigenvalue weighted by Gasteiger charge is 2.57. The van der Waals surface area contributed by atoms with E-state index in [4.69, 9.17) is 4.74 Å². The molecule has 1 unspecified atom stereocenters. The maximum absolute atomic E-state index is 13.2. The van der Waals surface area contributed by atoms with E-state index in [0.29, 0.717) is 32.4 Å². The second-order valence-corrected chi connectivity index (χ2v) is 8.85. The Labute approximate surface area is 186 Å². The van der Waals surface area contributed by atoms with E-state index in [1.807, 2.05) is 24.3 Å². The van der Waals surface area contributed by atoms with Crippen molar-refractivity contribution in [3.63, 3.8) is 0 Å². The second-order valence-electron chi connectivity index (χ2n) is 8.85. The molecule has 5 rings (SSSR count). The highest BCUT2D eigenvalue weighted by molar-refractivity contribution is 5.95. The van der Waals surface area contributed by atoms with E-state index in [-0.39, 0.29) is 18.4 Å². The lowest BCUT2D eigenvalue weighted by molar-refractivity contribution is -0.150. The zero-order valence-corrected chi connectivity index (χ0v) is 18.0. The maximum atomic E-state index is 13.2. The number of aliphatic carboxylic acids is 1. The Morgan fingerprint density at radius 3 is 2.31 bits per heavy atom. The predicted molar refractivity (Wildman–Crippen MR) is 117 cm³/mol. The van der Waals surface area contributed by atoms with Crippen LogP contribution in [0, 0.1) is 0 Å². The molecule has 2 fully saturated rings. The largest absolute Gasteiger partial charge is 0.480 e. The summed E-state index contributed by atoms with van der Waals surface area (Å²) >= 11 is 0. The predicted octanol–water partition coefficient (Wildman–Crippen LogP) is 3.48. The van der Waals surface area contributed by atoms with Gasteiger partial charge in [0.25, 0.3) is 0 Å². The van der Waals surface area contributed by atoms with Crippen molar-refractivity contribution in [3.8, 4) is 11.1 Å². The van der Waals surface area contributed by atoms with Gasteiger partial charge in [-0.05, 0) is 48.4 Å². The Kier molecular flexibility index (Phi) is 4.92. The number of nitrogens with zero attached hydrogens (tertiary/aromatic N) is 2. The number of hydrogen-bond acceptors (Lipinski definition) is 4. The van der Waals surface area contributed by atoms with Gasteiger partial charge in [0.15, 0.2) is 0 Å². The van der Waals surface area contributed by atoms with Crippen LogP contribution in [0.15, 0.2) is 48.5 Å². The smallest absolute Gasteiger partial charge is 0.410 e. The van der Waals surface area contributed by atoms with Gasteiger partial charge in [0.2, 0.25) is 5.91 Å². The molecular formula is C25H26N2O5. The van der Waals surface area contributed by atoms with Crippen LogP contribution in [0.5, 0.6) is 0 Å². The summed E-state index contributed by atoms with van der Waals surface area (Å²) in [6.45, 7) is 2.48. The van der Waals surface area contributed by atoms with E-state index in [9.17, 15) is 19.5 Å². The van der Waals surface area contributed by atoms with Gasteiger partial charge in [-0.3, -0.25) is 9.69 Å². The second kappa shape index (κ2) is 7.65. The van der Waals surface area contributed by atoms with Crippen molar-refractivity contribution < 1.29 is 24.2 Å². The number of carboxylic acid groups (broad SMARTS) is 1. The van der Waals surface area contributed by atoms with Crippen LogP contribution in [0.2, 0.25) is 0 Å². The van der Waals surface area contributed by atoms with Crippen LogP contribution < -0.4 is 0 Å². The van der Waals surface area contributed by atoms with E-state index < -0.39 is 23.6 Å². The molecule has 0 radical (unpaired) electrons. The van der Waals surface area contributed by atoms with Crippen LogP contribution in [-0.2, 0) is 14.3 Å². The fourth-order valence-electron chi connectivity index (χ4n) is 5.58. The topological polar surface area (TPSA) is 87.2 Å². The normalized spacial score (nSPS) is 22.8. The van der Waals surface area contributed by atoms with Crippen molar-refractivity contribution in [1.82, 2.24) is 9.80 Å². The van der Waals surface area contributed by atoms with Crippen molar-refractivity contribution >= 4 is 18.0 Å². The number of amides is 2. The molecule has 2 saturated heterocycles. The number of fused-ring (bicyclic) bond motifs is 3. The molecule has 0 saturated carbocycles. The lowest BCUT2D eigenvalue weighted by Gasteiger charge is -2.33. The van der Waals surface area contributed by atoms with Crippen LogP contribution >= 0.6 is 0 Å². The molecule has 1 aliphatic carbocycles. The third-order valence-electron chi connectivity index (χ3n) is 7.30. The summed E-state index contributed by atoms with van der Waals surface area (Å²) in [4.78, 5) is 40.7. The summed E-state index contributed by atoms with van der Waals surface area (Å²) in [5.74, 6) is -1.37. The van der Waals surface area contributed by atoms with Crippen LogP contribution in [0.4, 0.5) is 4.79 Å². The third-order valence-corrected chi connectivity index (χ3v) is 7.30. The van der Waals surface area contributed by atoms with Gasteiger partial charge in [-0.2, -0.15) is 0 Å². The molecule has 1 N–H and O–H groups in total. The van der Waals surface area contributed by atoms with Crippen LogP contribution in [-0.4, -0.2) is 64.2 Å². The van der Waals surface area contributed by atoms with Crippen molar-refractivity contribution in [2.45, 2.75) is 43.7 Å². The summed E-state index contributed by atoms with van der Waals surface area (Å²) in [6, 6.07) is 15.4. The molecule has 2 aromatic carbocycles. The van der Waals surface area contributed by atoms with E-state index in [1.54, 1.807) is 0 Å². The number of rotatable bonds is 4. The van der Waals surface area contributed by atoms with Crippen molar-refractivity contribution in [3.05, 3.63) is 59.7 Å². The van der Waals surface area contributed by atoms with Gasteiger partial charge in [0, 0.05) is 19.0 Å². The molecular weight excluding hydrogens is 408 g/mol. The van der Waals surface area contributed by atoms with Gasteiger partial charge >= 0.3 is 12.1 Å². The summed E-state index contributed by atoms with van der Waals surface area (Å²) in [5.41, 5.74) is 3.61. The van der Waals surface area contributed by atoms with Gasteiger partial charge in [-0.25, -0.2) is 9.59 Å². The van der Waals surface area contributed by atoms with Gasteiger partial charge in [0.05, 0.1) is 0 Å². The monoisotopic (exact) mass is 434 g/mol. The van der Waals surface area contributed by atoms with Gasteiger partial charge < -0.3 is 14.7 Å². The molecule has 2 aromatic rings. The molecule has 2 aliphatic heterocycles.